The number of anilines is 1. The highest BCUT2D eigenvalue weighted by molar-refractivity contribution is 7.91. The van der Waals surface area contributed by atoms with Crippen molar-refractivity contribution in [1.82, 2.24) is 20.2 Å². The summed E-state index contributed by atoms with van der Waals surface area (Å²) in [4.78, 5) is 14.2. The van der Waals surface area contributed by atoms with Gasteiger partial charge in [0.15, 0.2) is 15.7 Å². The van der Waals surface area contributed by atoms with Crippen molar-refractivity contribution in [3.63, 3.8) is 0 Å². The van der Waals surface area contributed by atoms with Crippen LogP contribution >= 0.6 is 0 Å². The topological polar surface area (TPSA) is 98.0 Å². The van der Waals surface area contributed by atoms with Gasteiger partial charge in [-0.3, -0.25) is 4.79 Å². The maximum atomic E-state index is 12.6. The predicted molar refractivity (Wildman–Crippen MR) is 92.7 cm³/mol. The lowest BCUT2D eigenvalue weighted by atomic mass is 10.0. The Morgan fingerprint density at radius 3 is 2.88 bits per heavy atom. The van der Waals surface area contributed by atoms with E-state index in [0.29, 0.717) is 13.1 Å². The molecule has 1 amide bonds. The molecule has 2 heterocycles. The van der Waals surface area contributed by atoms with E-state index in [1.54, 1.807) is 4.90 Å². The summed E-state index contributed by atoms with van der Waals surface area (Å²) in [7, 11) is -3.65. The zero-order valence-corrected chi connectivity index (χ0v) is 14.9. The minimum Gasteiger partial charge on any atom is -0.311 e. The highest BCUT2D eigenvalue weighted by Crippen LogP contribution is 2.27. The van der Waals surface area contributed by atoms with Gasteiger partial charge in [0.2, 0.25) is 5.91 Å². The number of nitrogens with zero attached hydrogens (tertiary/aromatic N) is 5. The van der Waals surface area contributed by atoms with Crippen molar-refractivity contribution in [2.75, 3.05) is 17.2 Å². The van der Waals surface area contributed by atoms with Crippen molar-refractivity contribution >= 4 is 21.4 Å². The summed E-state index contributed by atoms with van der Waals surface area (Å²) in [6.07, 6.45) is 2.53. The van der Waals surface area contributed by atoms with Gasteiger partial charge in [-0.1, -0.05) is 25.1 Å². The molecule has 8 nitrogen and oxygen atoms in total. The van der Waals surface area contributed by atoms with Gasteiger partial charge in [-0.05, 0) is 41.3 Å². The summed E-state index contributed by atoms with van der Waals surface area (Å²) in [6.45, 7) is 3.04. The average Bonchev–Trinajstić information content (AvgIpc) is 3.00. The second-order valence-corrected chi connectivity index (χ2v) is 8.19. The Morgan fingerprint density at radius 1 is 1.28 bits per heavy atom. The molecule has 2 aromatic rings. The molecule has 0 radical (unpaired) electrons. The molecule has 9 heteroatoms. The lowest BCUT2D eigenvalue weighted by Gasteiger charge is -2.29. The van der Waals surface area contributed by atoms with E-state index < -0.39 is 21.5 Å². The minimum absolute atomic E-state index is 0.272. The van der Waals surface area contributed by atoms with Gasteiger partial charge in [-0.25, -0.2) is 13.1 Å². The van der Waals surface area contributed by atoms with E-state index in [-0.39, 0.29) is 11.6 Å². The molecule has 0 bridgehead atoms. The summed E-state index contributed by atoms with van der Waals surface area (Å²) in [6, 6.07) is 7.62. The van der Waals surface area contributed by atoms with Crippen LogP contribution in [-0.4, -0.2) is 46.8 Å². The van der Waals surface area contributed by atoms with E-state index in [1.165, 1.54) is 4.68 Å². The molecule has 0 aliphatic carbocycles. The molecular weight excluding hydrogens is 342 g/mol. The maximum Gasteiger partial charge on any atom is 0.242 e. The summed E-state index contributed by atoms with van der Waals surface area (Å²) in [5, 5.41) is 11.1. The van der Waals surface area contributed by atoms with Crippen LogP contribution < -0.4 is 4.90 Å². The summed E-state index contributed by atoms with van der Waals surface area (Å²) >= 11 is 0. The fraction of sp³-hybridized carbons (Fsp3) is 0.500. The zero-order chi connectivity index (χ0) is 17.9. The third-order valence-corrected chi connectivity index (χ3v) is 5.53. The summed E-state index contributed by atoms with van der Waals surface area (Å²) < 4.78 is 26.4. The second kappa shape index (κ2) is 7.30. The molecule has 134 valence electrons. The monoisotopic (exact) mass is 363 g/mol. The third-order valence-electron chi connectivity index (χ3n) is 4.15. The standard InChI is InChI=1S/C16H21N5O3S/c1-2-9-21-15(17-18-19-21)11-25(23,24)12-16(22)20-10-5-7-13-6-3-4-8-14(13)20/h3-4,6,8H,2,5,7,9-12H2,1H3. The van der Waals surface area contributed by atoms with Gasteiger partial charge < -0.3 is 4.90 Å². The Kier molecular flexibility index (Phi) is 5.12. The van der Waals surface area contributed by atoms with Crippen molar-refractivity contribution in [2.24, 2.45) is 0 Å². The molecule has 0 fully saturated rings. The van der Waals surface area contributed by atoms with Gasteiger partial charge >= 0.3 is 0 Å². The number of para-hydroxylation sites is 1. The normalized spacial score (nSPS) is 14.4. The van der Waals surface area contributed by atoms with E-state index in [1.807, 2.05) is 31.2 Å². The van der Waals surface area contributed by atoms with E-state index in [9.17, 15) is 13.2 Å². The fourth-order valence-electron chi connectivity index (χ4n) is 3.02. The molecule has 0 spiro atoms. The number of benzene rings is 1. The number of fused-ring (bicyclic) bond motifs is 1. The number of hydrogen-bond donors (Lipinski definition) is 0. The molecular formula is C16H21N5O3S. The first-order valence-corrected chi connectivity index (χ1v) is 10.2. The van der Waals surface area contributed by atoms with Crippen molar-refractivity contribution in [1.29, 1.82) is 0 Å². The van der Waals surface area contributed by atoms with Gasteiger partial charge in [0.1, 0.15) is 11.5 Å². The van der Waals surface area contributed by atoms with E-state index in [0.717, 1.165) is 30.5 Å². The molecule has 3 rings (SSSR count). The maximum absolute atomic E-state index is 12.6. The highest BCUT2D eigenvalue weighted by atomic mass is 32.2. The molecule has 0 atom stereocenters. The fourth-order valence-corrected chi connectivity index (χ4v) is 4.25. The Hall–Kier alpha value is -2.29. The van der Waals surface area contributed by atoms with Crippen LogP contribution in [0.4, 0.5) is 5.69 Å². The quantitative estimate of drug-likeness (QED) is 0.759. The minimum atomic E-state index is -3.65. The SMILES string of the molecule is CCCn1nnnc1CS(=O)(=O)CC(=O)N1CCCc2ccccc21. The Balaban J connectivity index is 1.73. The van der Waals surface area contributed by atoms with Gasteiger partial charge in [0.25, 0.3) is 0 Å². The van der Waals surface area contributed by atoms with Gasteiger partial charge in [0, 0.05) is 18.8 Å². The van der Waals surface area contributed by atoms with E-state index in [2.05, 4.69) is 15.5 Å². The third kappa shape index (κ3) is 4.04. The first kappa shape index (κ1) is 17.5. The van der Waals surface area contributed by atoms with E-state index >= 15 is 0 Å². The molecule has 1 aromatic heterocycles. The number of rotatable bonds is 6. The molecule has 0 saturated heterocycles. The summed E-state index contributed by atoms with van der Waals surface area (Å²) in [5.74, 6) is -1.00. The lowest BCUT2D eigenvalue weighted by molar-refractivity contribution is -0.116. The van der Waals surface area contributed by atoms with Crippen molar-refractivity contribution in [3.8, 4) is 0 Å². The van der Waals surface area contributed by atoms with Crippen LogP contribution in [0.15, 0.2) is 24.3 Å². The molecule has 1 aromatic carbocycles. The predicted octanol–water partition coefficient (Wildman–Crippen LogP) is 0.977. The van der Waals surface area contributed by atoms with Crippen LogP contribution in [0.25, 0.3) is 0 Å². The Labute approximate surface area is 146 Å². The number of amides is 1. The van der Waals surface area contributed by atoms with E-state index in [4.69, 9.17) is 0 Å². The largest absolute Gasteiger partial charge is 0.311 e. The van der Waals surface area contributed by atoms with Crippen molar-refractivity contribution < 1.29 is 13.2 Å². The number of aromatic nitrogens is 4. The van der Waals surface area contributed by atoms with Crippen LogP contribution in [-0.2, 0) is 33.4 Å². The molecule has 25 heavy (non-hydrogen) atoms. The zero-order valence-electron chi connectivity index (χ0n) is 14.1. The molecule has 0 unspecified atom stereocenters. The van der Waals surface area contributed by atoms with Gasteiger partial charge in [-0.2, -0.15) is 0 Å². The molecule has 0 saturated carbocycles. The van der Waals surface area contributed by atoms with Gasteiger partial charge in [0.05, 0.1) is 0 Å². The second-order valence-electron chi connectivity index (χ2n) is 6.13. The molecule has 0 N–H and O–H groups in total. The van der Waals surface area contributed by atoms with Crippen molar-refractivity contribution in [3.05, 3.63) is 35.7 Å². The number of carbonyl (C=O) groups is 1. The summed E-state index contributed by atoms with van der Waals surface area (Å²) in [5.41, 5.74) is 1.89. The van der Waals surface area contributed by atoms with Crippen LogP contribution in [0, 0.1) is 0 Å². The van der Waals surface area contributed by atoms with Crippen molar-refractivity contribution in [2.45, 2.75) is 38.5 Å². The van der Waals surface area contributed by atoms with Crippen LogP contribution in [0.5, 0.6) is 0 Å². The number of aryl methyl sites for hydroxylation is 2. The molecule has 1 aliphatic rings. The van der Waals surface area contributed by atoms with Crippen LogP contribution in [0.2, 0.25) is 0 Å². The smallest absolute Gasteiger partial charge is 0.242 e. The molecule has 1 aliphatic heterocycles. The number of hydrogen-bond acceptors (Lipinski definition) is 6. The number of tetrazole rings is 1. The number of sulfone groups is 1. The lowest BCUT2D eigenvalue weighted by Crippen LogP contribution is -2.39. The number of carbonyl (C=O) groups excluding carboxylic acids is 1. The first-order valence-electron chi connectivity index (χ1n) is 8.34. The Morgan fingerprint density at radius 2 is 2.08 bits per heavy atom. The Bertz CT molecular complexity index is 862. The highest BCUT2D eigenvalue weighted by Gasteiger charge is 2.27. The van der Waals surface area contributed by atoms with Crippen LogP contribution in [0.3, 0.4) is 0 Å². The first-order chi connectivity index (χ1) is 12.0. The van der Waals surface area contributed by atoms with Gasteiger partial charge in [-0.15, -0.1) is 5.10 Å². The average molecular weight is 363 g/mol. The van der Waals surface area contributed by atoms with Crippen LogP contribution in [0.1, 0.15) is 31.2 Å².